The number of hydrogen-bond acceptors (Lipinski definition) is 3. The molecule has 1 fully saturated rings. The number of amides is 1. The summed E-state index contributed by atoms with van der Waals surface area (Å²) >= 11 is 0. The summed E-state index contributed by atoms with van der Waals surface area (Å²) in [7, 11) is 0. The predicted octanol–water partition coefficient (Wildman–Crippen LogP) is 2.94. The Kier molecular flexibility index (Phi) is 4.39. The summed E-state index contributed by atoms with van der Waals surface area (Å²) in [5.74, 6) is 0.188. The Morgan fingerprint density at radius 1 is 1.09 bits per heavy atom. The van der Waals surface area contributed by atoms with Crippen molar-refractivity contribution in [2.75, 3.05) is 36.4 Å². The van der Waals surface area contributed by atoms with Crippen molar-refractivity contribution in [3.05, 3.63) is 23.3 Å². The number of piperidine rings is 1. The second kappa shape index (κ2) is 6.29. The van der Waals surface area contributed by atoms with E-state index in [-0.39, 0.29) is 11.9 Å². The van der Waals surface area contributed by atoms with E-state index in [1.165, 1.54) is 43.5 Å². The fraction of sp³-hybridized carbons (Fsp3) is 0.611. The Morgan fingerprint density at radius 3 is 2.50 bits per heavy atom. The fourth-order valence-corrected chi connectivity index (χ4v) is 3.44. The summed E-state index contributed by atoms with van der Waals surface area (Å²) in [5, 5.41) is 3.34. The molecule has 22 heavy (non-hydrogen) atoms. The summed E-state index contributed by atoms with van der Waals surface area (Å²) in [6.45, 7) is 10.3. The third kappa shape index (κ3) is 2.98. The van der Waals surface area contributed by atoms with Crippen molar-refractivity contribution >= 4 is 17.3 Å². The minimum Gasteiger partial charge on any atom is -0.372 e. The Bertz CT molecular complexity index is 564. The van der Waals surface area contributed by atoms with Crippen molar-refractivity contribution in [2.24, 2.45) is 0 Å². The lowest BCUT2D eigenvalue weighted by Crippen LogP contribution is -2.49. The van der Waals surface area contributed by atoms with Gasteiger partial charge in [-0.1, -0.05) is 6.42 Å². The first-order valence-electron chi connectivity index (χ1n) is 8.48. The van der Waals surface area contributed by atoms with E-state index in [1.807, 2.05) is 11.8 Å². The van der Waals surface area contributed by atoms with E-state index in [0.717, 1.165) is 24.5 Å². The third-order valence-corrected chi connectivity index (χ3v) is 5.00. The van der Waals surface area contributed by atoms with E-state index < -0.39 is 0 Å². The number of rotatable bonds is 3. The van der Waals surface area contributed by atoms with Crippen LogP contribution in [-0.4, -0.2) is 43.0 Å². The molecule has 4 nitrogen and oxygen atoms in total. The van der Waals surface area contributed by atoms with Crippen LogP contribution in [0.25, 0.3) is 0 Å². The van der Waals surface area contributed by atoms with Gasteiger partial charge < -0.3 is 15.1 Å². The zero-order valence-electron chi connectivity index (χ0n) is 14.0. The lowest BCUT2D eigenvalue weighted by molar-refractivity contribution is -0.119. The Balaban J connectivity index is 1.80. The highest BCUT2D eigenvalue weighted by atomic mass is 16.2. The van der Waals surface area contributed by atoms with Crippen LogP contribution in [-0.2, 0) is 4.79 Å². The van der Waals surface area contributed by atoms with Gasteiger partial charge in [0, 0.05) is 13.1 Å². The van der Waals surface area contributed by atoms with E-state index in [1.54, 1.807) is 0 Å². The average molecular weight is 301 g/mol. The van der Waals surface area contributed by atoms with Gasteiger partial charge in [0.15, 0.2) is 0 Å². The van der Waals surface area contributed by atoms with Crippen molar-refractivity contribution < 1.29 is 4.79 Å². The van der Waals surface area contributed by atoms with E-state index >= 15 is 0 Å². The highest BCUT2D eigenvalue weighted by molar-refractivity contribution is 6.04. The quantitative estimate of drug-likeness (QED) is 0.932. The van der Waals surface area contributed by atoms with E-state index in [9.17, 15) is 4.79 Å². The second-order valence-electron chi connectivity index (χ2n) is 6.71. The molecule has 4 heteroatoms. The van der Waals surface area contributed by atoms with Gasteiger partial charge in [-0.3, -0.25) is 4.79 Å². The van der Waals surface area contributed by atoms with Crippen LogP contribution in [0.2, 0.25) is 0 Å². The van der Waals surface area contributed by atoms with Crippen molar-refractivity contribution in [1.29, 1.82) is 0 Å². The van der Waals surface area contributed by atoms with Crippen LogP contribution >= 0.6 is 0 Å². The van der Waals surface area contributed by atoms with Crippen LogP contribution in [0.15, 0.2) is 12.1 Å². The van der Waals surface area contributed by atoms with Crippen LogP contribution in [0.3, 0.4) is 0 Å². The van der Waals surface area contributed by atoms with E-state index in [2.05, 4.69) is 36.2 Å². The largest absolute Gasteiger partial charge is 0.372 e. The molecule has 1 saturated heterocycles. The first-order valence-corrected chi connectivity index (χ1v) is 8.48. The van der Waals surface area contributed by atoms with Crippen molar-refractivity contribution in [2.45, 2.75) is 46.1 Å². The molecule has 0 aromatic heterocycles. The van der Waals surface area contributed by atoms with Gasteiger partial charge in [0.05, 0.1) is 11.4 Å². The average Bonchev–Trinajstić information content (AvgIpc) is 2.51. The molecular formula is C18H27N3O. The topological polar surface area (TPSA) is 35.6 Å². The summed E-state index contributed by atoms with van der Waals surface area (Å²) in [6, 6.07) is 4.18. The first-order chi connectivity index (χ1) is 10.6. The Labute approximate surface area is 133 Å². The van der Waals surface area contributed by atoms with Gasteiger partial charge in [0.1, 0.15) is 6.04 Å². The van der Waals surface area contributed by atoms with Gasteiger partial charge in [-0.2, -0.15) is 0 Å². The molecule has 1 aromatic carbocycles. The van der Waals surface area contributed by atoms with E-state index in [4.69, 9.17) is 0 Å². The first kappa shape index (κ1) is 15.3. The molecule has 2 aliphatic rings. The lowest BCUT2D eigenvalue weighted by Gasteiger charge is -2.36. The molecule has 1 N–H and O–H groups in total. The minimum atomic E-state index is -0.143. The summed E-state index contributed by atoms with van der Waals surface area (Å²) in [4.78, 5) is 17.1. The number of likely N-dealkylation sites (tertiary alicyclic amines) is 1. The predicted molar refractivity (Wildman–Crippen MR) is 91.6 cm³/mol. The molecule has 0 aliphatic carbocycles. The number of nitrogens with one attached hydrogen (secondary N) is 1. The number of benzene rings is 1. The normalized spacial score (nSPS) is 22.4. The van der Waals surface area contributed by atoms with Crippen molar-refractivity contribution in [3.63, 3.8) is 0 Å². The number of nitrogens with zero attached hydrogens (tertiary/aromatic N) is 2. The molecule has 1 atom stereocenters. The summed E-state index contributed by atoms with van der Waals surface area (Å²) < 4.78 is 0. The second-order valence-corrected chi connectivity index (χ2v) is 6.71. The SMILES string of the molecule is Cc1cc2c(cc1C)N(CCN1CCCCC1)C(=O)C(C)N2. The zero-order valence-corrected chi connectivity index (χ0v) is 14.0. The molecule has 3 rings (SSSR count). The van der Waals surface area contributed by atoms with Gasteiger partial charge in [0.2, 0.25) is 5.91 Å². The number of carbonyl (C=O) groups is 1. The molecule has 2 aliphatic heterocycles. The van der Waals surface area contributed by atoms with Gasteiger partial charge in [-0.25, -0.2) is 0 Å². The molecule has 0 bridgehead atoms. The van der Waals surface area contributed by atoms with E-state index in [0.29, 0.717) is 0 Å². The van der Waals surface area contributed by atoms with Gasteiger partial charge >= 0.3 is 0 Å². The Morgan fingerprint density at radius 2 is 1.77 bits per heavy atom. The highest BCUT2D eigenvalue weighted by Crippen LogP contribution is 2.34. The molecule has 0 radical (unpaired) electrons. The Hall–Kier alpha value is -1.55. The number of hydrogen-bond donors (Lipinski definition) is 1. The maximum Gasteiger partial charge on any atom is 0.249 e. The van der Waals surface area contributed by atoms with Crippen LogP contribution in [0.4, 0.5) is 11.4 Å². The fourth-order valence-electron chi connectivity index (χ4n) is 3.44. The van der Waals surface area contributed by atoms with Gasteiger partial charge in [-0.05, 0) is 70.0 Å². The number of anilines is 2. The molecule has 1 aromatic rings. The van der Waals surface area contributed by atoms with Crippen LogP contribution in [0.5, 0.6) is 0 Å². The molecule has 0 saturated carbocycles. The molecule has 120 valence electrons. The molecule has 1 unspecified atom stereocenters. The number of fused-ring (bicyclic) bond motifs is 1. The highest BCUT2D eigenvalue weighted by Gasteiger charge is 2.30. The monoisotopic (exact) mass is 301 g/mol. The summed E-state index contributed by atoms with van der Waals surface area (Å²) in [6.07, 6.45) is 3.93. The minimum absolute atomic E-state index is 0.143. The number of aryl methyl sites for hydroxylation is 2. The molecular weight excluding hydrogens is 274 g/mol. The third-order valence-electron chi connectivity index (χ3n) is 5.00. The maximum absolute atomic E-state index is 12.6. The number of carbonyl (C=O) groups excluding carboxylic acids is 1. The smallest absolute Gasteiger partial charge is 0.249 e. The summed E-state index contributed by atoms with van der Waals surface area (Å²) in [5.41, 5.74) is 4.65. The molecule has 2 heterocycles. The van der Waals surface area contributed by atoms with Crippen LogP contribution in [0, 0.1) is 13.8 Å². The van der Waals surface area contributed by atoms with Crippen LogP contribution < -0.4 is 10.2 Å². The molecule has 1 amide bonds. The lowest BCUT2D eigenvalue weighted by atomic mass is 10.0. The molecule has 0 spiro atoms. The zero-order chi connectivity index (χ0) is 15.7. The standard InChI is InChI=1S/C18H27N3O/c1-13-11-16-17(12-14(13)2)21(18(22)15(3)19-16)10-9-20-7-5-4-6-8-20/h11-12,15,19H,4-10H2,1-3H3. The van der Waals surface area contributed by atoms with Crippen LogP contribution in [0.1, 0.15) is 37.3 Å². The van der Waals surface area contributed by atoms with Crippen molar-refractivity contribution in [3.8, 4) is 0 Å². The van der Waals surface area contributed by atoms with Gasteiger partial charge in [0.25, 0.3) is 0 Å². The maximum atomic E-state index is 12.6. The van der Waals surface area contributed by atoms with Crippen molar-refractivity contribution in [1.82, 2.24) is 4.90 Å². The van der Waals surface area contributed by atoms with Gasteiger partial charge in [-0.15, -0.1) is 0 Å².